The standard InChI is InChI=1S/C18H22N2O3S/c1-6-8-17(24)19-15-9-7-10-16(11-15)20(12-23-5,14(4)21)18(22)13(2)3/h6-7,9-11H,1-2,8,12H2,3-5H3/p+1. The van der Waals surface area contributed by atoms with Crippen molar-refractivity contribution in [3.05, 3.63) is 49.1 Å². The molecule has 5 nitrogen and oxygen atoms in total. The van der Waals surface area contributed by atoms with Crippen LogP contribution >= 0.6 is 12.2 Å². The number of hydrogen-bond acceptors (Lipinski definition) is 4. The third-order valence-corrected chi connectivity index (χ3v) is 3.74. The molecular formula is C18H23N2O3S+. The minimum Gasteiger partial charge on any atom is -0.350 e. The Labute approximate surface area is 148 Å². The van der Waals surface area contributed by atoms with Gasteiger partial charge in [-0.3, -0.25) is 0 Å². The lowest BCUT2D eigenvalue weighted by Crippen LogP contribution is -2.59. The van der Waals surface area contributed by atoms with Crippen LogP contribution in [-0.4, -0.2) is 30.6 Å². The summed E-state index contributed by atoms with van der Waals surface area (Å²) < 4.78 is 4.60. The number of nitrogens with one attached hydrogen (secondary N) is 1. The van der Waals surface area contributed by atoms with E-state index in [4.69, 9.17) is 17.0 Å². The first kappa shape index (κ1) is 19.9. The molecular weight excluding hydrogens is 324 g/mol. The number of carbonyl (C=O) groups is 2. The van der Waals surface area contributed by atoms with Gasteiger partial charge >= 0.3 is 11.8 Å². The van der Waals surface area contributed by atoms with E-state index in [2.05, 4.69) is 18.5 Å². The van der Waals surface area contributed by atoms with E-state index in [0.29, 0.717) is 22.8 Å². The summed E-state index contributed by atoms with van der Waals surface area (Å²) in [4.78, 5) is 25.8. The molecule has 0 aliphatic carbocycles. The second kappa shape index (κ2) is 8.63. The van der Waals surface area contributed by atoms with Gasteiger partial charge in [-0.2, -0.15) is 0 Å². The Balaban J connectivity index is 3.40. The second-order valence-corrected chi connectivity index (χ2v) is 5.92. The second-order valence-electron chi connectivity index (χ2n) is 5.42. The van der Waals surface area contributed by atoms with Crippen LogP contribution in [0.3, 0.4) is 0 Å². The maximum atomic E-state index is 12.7. The third-order valence-electron chi connectivity index (χ3n) is 3.47. The molecule has 1 rings (SSSR count). The van der Waals surface area contributed by atoms with Gasteiger partial charge in [-0.05, 0) is 13.0 Å². The van der Waals surface area contributed by atoms with Crippen LogP contribution in [0.1, 0.15) is 20.3 Å². The molecule has 0 radical (unpaired) electrons. The van der Waals surface area contributed by atoms with Crippen molar-refractivity contribution in [2.24, 2.45) is 0 Å². The van der Waals surface area contributed by atoms with Crippen LogP contribution in [0.15, 0.2) is 49.1 Å². The SMILES string of the molecule is C=CCC(=S)Nc1cccc([N+](COC)(C(C)=O)C(=O)C(=C)C)c1. The summed E-state index contributed by atoms with van der Waals surface area (Å²) in [6.45, 7) is 10.2. The zero-order valence-corrected chi connectivity index (χ0v) is 15.1. The molecule has 0 fully saturated rings. The van der Waals surface area contributed by atoms with Gasteiger partial charge in [0.2, 0.25) is 6.73 Å². The molecule has 0 saturated heterocycles. The summed E-state index contributed by atoms with van der Waals surface area (Å²) in [6.07, 6.45) is 2.24. The summed E-state index contributed by atoms with van der Waals surface area (Å²) in [5.41, 5.74) is 1.46. The highest BCUT2D eigenvalue weighted by Crippen LogP contribution is 2.29. The maximum Gasteiger partial charge on any atom is 0.355 e. The van der Waals surface area contributed by atoms with Gasteiger partial charge in [-0.15, -0.1) is 11.1 Å². The van der Waals surface area contributed by atoms with Gasteiger partial charge in [0.25, 0.3) is 0 Å². The van der Waals surface area contributed by atoms with E-state index < -0.39 is 10.4 Å². The summed E-state index contributed by atoms with van der Waals surface area (Å²) in [5.74, 6) is -0.758. The van der Waals surface area contributed by atoms with Crippen LogP contribution in [0.4, 0.5) is 11.4 Å². The summed E-state index contributed by atoms with van der Waals surface area (Å²) >= 11 is 5.21. The van der Waals surface area contributed by atoms with Crippen LogP contribution in [0.2, 0.25) is 0 Å². The molecule has 0 saturated carbocycles. The minimum atomic E-state index is -0.588. The molecule has 0 aromatic heterocycles. The van der Waals surface area contributed by atoms with E-state index in [-0.39, 0.29) is 18.2 Å². The lowest BCUT2D eigenvalue weighted by Gasteiger charge is -2.31. The Hall–Kier alpha value is -2.15. The Morgan fingerprint density at radius 2 is 2.04 bits per heavy atom. The number of methoxy groups -OCH3 is 1. The fourth-order valence-corrected chi connectivity index (χ4v) is 2.59. The van der Waals surface area contributed by atoms with E-state index in [1.165, 1.54) is 14.0 Å². The first-order valence-corrected chi connectivity index (χ1v) is 7.80. The van der Waals surface area contributed by atoms with Crippen molar-refractivity contribution < 1.29 is 14.3 Å². The van der Waals surface area contributed by atoms with Crippen LogP contribution < -0.4 is 9.80 Å². The van der Waals surface area contributed by atoms with Gasteiger partial charge in [-0.25, -0.2) is 9.59 Å². The molecule has 1 N–H and O–H groups in total. The number of imide groups is 1. The monoisotopic (exact) mass is 347 g/mol. The number of anilines is 1. The Kier molecular flexibility index (Phi) is 7.16. The molecule has 2 amide bonds. The molecule has 0 spiro atoms. The van der Waals surface area contributed by atoms with Gasteiger partial charge in [0.05, 0.1) is 11.9 Å². The molecule has 1 unspecified atom stereocenters. The van der Waals surface area contributed by atoms with E-state index in [0.717, 1.165) is 0 Å². The number of benzene rings is 1. The Bertz CT molecular complexity index is 685. The normalized spacial score (nSPS) is 12.8. The number of quaternary nitrogens is 1. The number of hydrogen-bond donors (Lipinski definition) is 1. The van der Waals surface area contributed by atoms with Crippen molar-refractivity contribution in [1.82, 2.24) is 4.48 Å². The van der Waals surface area contributed by atoms with Gasteiger partial charge in [0, 0.05) is 36.9 Å². The van der Waals surface area contributed by atoms with Crippen molar-refractivity contribution in [2.45, 2.75) is 20.3 Å². The number of ether oxygens (including phenoxy) is 1. The van der Waals surface area contributed by atoms with Gasteiger partial charge in [-0.1, -0.05) is 30.9 Å². The van der Waals surface area contributed by atoms with E-state index in [9.17, 15) is 9.59 Å². The highest BCUT2D eigenvalue weighted by Gasteiger charge is 2.45. The van der Waals surface area contributed by atoms with Crippen LogP contribution in [0, 0.1) is 0 Å². The van der Waals surface area contributed by atoms with Crippen molar-refractivity contribution in [2.75, 3.05) is 19.2 Å². The van der Waals surface area contributed by atoms with E-state index >= 15 is 0 Å². The number of carbonyl (C=O) groups excluding carboxylic acids is 2. The Morgan fingerprint density at radius 3 is 2.54 bits per heavy atom. The fourth-order valence-electron chi connectivity index (χ4n) is 2.35. The van der Waals surface area contributed by atoms with Crippen molar-refractivity contribution >= 4 is 40.4 Å². The lowest BCUT2D eigenvalue weighted by molar-refractivity contribution is -0.145. The zero-order chi connectivity index (χ0) is 18.3. The lowest BCUT2D eigenvalue weighted by atomic mass is 10.1. The number of thiocarbonyl (C=S) groups is 1. The summed E-state index contributed by atoms with van der Waals surface area (Å²) in [5, 5.41) is 3.07. The maximum absolute atomic E-state index is 12.7. The Morgan fingerprint density at radius 1 is 1.38 bits per heavy atom. The molecule has 24 heavy (non-hydrogen) atoms. The molecule has 0 aliphatic rings. The zero-order valence-electron chi connectivity index (χ0n) is 14.3. The number of nitrogens with zero attached hydrogens (tertiary/aromatic N) is 1. The topological polar surface area (TPSA) is 55.4 Å². The molecule has 1 aromatic rings. The molecule has 128 valence electrons. The predicted molar refractivity (Wildman–Crippen MR) is 102 cm³/mol. The summed E-state index contributed by atoms with van der Waals surface area (Å²) in [7, 11) is 1.45. The average Bonchev–Trinajstić information content (AvgIpc) is 2.52. The predicted octanol–water partition coefficient (Wildman–Crippen LogP) is 3.56. The first-order valence-electron chi connectivity index (χ1n) is 7.39. The van der Waals surface area contributed by atoms with Crippen molar-refractivity contribution in [3.63, 3.8) is 0 Å². The van der Waals surface area contributed by atoms with Crippen molar-refractivity contribution in [3.8, 4) is 0 Å². The van der Waals surface area contributed by atoms with Gasteiger partial charge in [0.1, 0.15) is 0 Å². The molecule has 0 heterocycles. The van der Waals surface area contributed by atoms with Crippen LogP contribution in [-0.2, 0) is 14.3 Å². The highest BCUT2D eigenvalue weighted by molar-refractivity contribution is 7.80. The molecule has 1 aromatic carbocycles. The minimum absolute atomic E-state index is 0.110. The fraction of sp³-hybridized carbons (Fsp3) is 0.278. The van der Waals surface area contributed by atoms with E-state index in [1.54, 1.807) is 31.2 Å². The molecule has 6 heteroatoms. The van der Waals surface area contributed by atoms with Crippen molar-refractivity contribution in [1.29, 1.82) is 0 Å². The average molecular weight is 347 g/mol. The number of rotatable bonds is 7. The van der Waals surface area contributed by atoms with Gasteiger partial charge in [0.15, 0.2) is 5.69 Å². The molecule has 1 atom stereocenters. The first-order chi connectivity index (χ1) is 11.3. The van der Waals surface area contributed by atoms with Gasteiger partial charge < -0.3 is 10.1 Å². The highest BCUT2D eigenvalue weighted by atomic mass is 32.1. The van der Waals surface area contributed by atoms with Crippen LogP contribution in [0.5, 0.6) is 0 Å². The summed E-state index contributed by atoms with van der Waals surface area (Å²) in [6, 6.07) is 7.00. The number of amides is 2. The molecule has 0 bridgehead atoms. The third kappa shape index (κ3) is 4.23. The smallest absolute Gasteiger partial charge is 0.350 e. The largest absolute Gasteiger partial charge is 0.355 e. The van der Waals surface area contributed by atoms with E-state index in [1.807, 2.05) is 6.07 Å². The van der Waals surface area contributed by atoms with Crippen LogP contribution in [0.25, 0.3) is 0 Å². The quantitative estimate of drug-likeness (QED) is 0.269. The molecule has 0 aliphatic heterocycles.